The van der Waals surface area contributed by atoms with E-state index in [1.807, 2.05) is 37.3 Å². The Morgan fingerprint density at radius 1 is 1.13 bits per heavy atom. The third kappa shape index (κ3) is 3.89. The second-order valence-corrected chi connectivity index (χ2v) is 7.10. The highest BCUT2D eigenvalue weighted by atomic mass is 16.5. The van der Waals surface area contributed by atoms with Crippen LogP contribution in [0.15, 0.2) is 60.9 Å². The fourth-order valence-electron chi connectivity index (χ4n) is 3.63. The van der Waals surface area contributed by atoms with E-state index in [1.54, 1.807) is 30.6 Å². The van der Waals surface area contributed by atoms with Gasteiger partial charge in [0.2, 0.25) is 5.91 Å². The molecule has 30 heavy (non-hydrogen) atoms. The summed E-state index contributed by atoms with van der Waals surface area (Å²) in [5.74, 6) is 0.804. The van der Waals surface area contributed by atoms with Gasteiger partial charge in [-0.1, -0.05) is 19.1 Å². The summed E-state index contributed by atoms with van der Waals surface area (Å²) < 4.78 is 12.1. The number of amides is 1. The lowest BCUT2D eigenvalue weighted by Crippen LogP contribution is -2.18. The number of ether oxygens (including phenoxy) is 2. The van der Waals surface area contributed by atoms with Gasteiger partial charge in [-0.3, -0.25) is 14.6 Å². The first-order chi connectivity index (χ1) is 14.6. The van der Waals surface area contributed by atoms with Crippen LogP contribution in [0.4, 0.5) is 0 Å². The molecule has 0 bridgehead atoms. The highest BCUT2D eigenvalue weighted by Gasteiger charge is 2.24. The molecule has 0 saturated carbocycles. The number of nitrogens with two attached hydrogens (primary N) is 1. The molecule has 1 amide bonds. The zero-order chi connectivity index (χ0) is 21.1. The summed E-state index contributed by atoms with van der Waals surface area (Å²) in [6.45, 7) is 2.38. The third-order valence-electron chi connectivity index (χ3n) is 5.16. The van der Waals surface area contributed by atoms with Crippen molar-refractivity contribution in [2.45, 2.75) is 25.9 Å². The Labute approximate surface area is 174 Å². The van der Waals surface area contributed by atoms with Crippen LogP contribution in [-0.2, 0) is 6.42 Å². The fourth-order valence-corrected chi connectivity index (χ4v) is 3.63. The van der Waals surface area contributed by atoms with E-state index in [0.29, 0.717) is 42.1 Å². The molecule has 0 unspecified atom stereocenters. The number of aromatic nitrogens is 1. The number of carbonyl (C=O) groups is 2. The summed E-state index contributed by atoms with van der Waals surface area (Å²) in [5.41, 5.74) is 9.12. The van der Waals surface area contributed by atoms with Gasteiger partial charge in [0, 0.05) is 30.4 Å². The maximum Gasteiger partial charge on any atom is 0.248 e. The molecule has 3 aromatic rings. The average Bonchev–Trinajstić information content (AvgIpc) is 2.77. The highest BCUT2D eigenvalue weighted by molar-refractivity contribution is 6.01. The number of carbonyl (C=O) groups excluding carboxylic acids is 2. The maximum absolute atomic E-state index is 12.4. The van der Waals surface area contributed by atoms with Crippen LogP contribution in [0.3, 0.4) is 0 Å². The molecule has 6 heteroatoms. The normalized spacial score (nSPS) is 13.8. The van der Waals surface area contributed by atoms with E-state index >= 15 is 0 Å². The highest BCUT2D eigenvalue weighted by Crippen LogP contribution is 2.36. The van der Waals surface area contributed by atoms with Crippen LogP contribution in [0.5, 0.6) is 11.5 Å². The van der Waals surface area contributed by atoms with Crippen LogP contribution in [0.25, 0.3) is 0 Å². The van der Waals surface area contributed by atoms with Crippen molar-refractivity contribution in [2.75, 3.05) is 6.61 Å². The smallest absolute Gasteiger partial charge is 0.248 e. The first-order valence-corrected chi connectivity index (χ1v) is 9.86. The van der Waals surface area contributed by atoms with Crippen molar-refractivity contribution in [3.05, 3.63) is 88.7 Å². The van der Waals surface area contributed by atoms with E-state index in [9.17, 15) is 9.59 Å². The van der Waals surface area contributed by atoms with Gasteiger partial charge in [-0.15, -0.1) is 0 Å². The molecule has 2 aromatic carbocycles. The number of hydrogen-bond donors (Lipinski definition) is 1. The van der Waals surface area contributed by atoms with E-state index in [0.717, 1.165) is 16.7 Å². The molecule has 4 rings (SSSR count). The first-order valence-electron chi connectivity index (χ1n) is 9.86. The number of aryl methyl sites for hydroxylation is 1. The molecular weight excluding hydrogens is 380 g/mol. The Morgan fingerprint density at radius 2 is 1.83 bits per heavy atom. The second kappa shape index (κ2) is 8.37. The van der Waals surface area contributed by atoms with Gasteiger partial charge >= 0.3 is 0 Å². The molecule has 152 valence electrons. The predicted octanol–water partition coefficient (Wildman–Crippen LogP) is 3.88. The molecule has 1 aliphatic rings. The lowest BCUT2D eigenvalue weighted by atomic mass is 9.96. The maximum atomic E-state index is 12.4. The monoisotopic (exact) mass is 402 g/mol. The van der Waals surface area contributed by atoms with Crippen molar-refractivity contribution in [2.24, 2.45) is 5.73 Å². The Hall–Kier alpha value is -3.67. The number of pyridine rings is 1. The molecular formula is C24H22N2O4. The summed E-state index contributed by atoms with van der Waals surface area (Å²) in [7, 11) is 0. The summed E-state index contributed by atoms with van der Waals surface area (Å²) in [4.78, 5) is 27.9. The van der Waals surface area contributed by atoms with Gasteiger partial charge in [0.25, 0.3) is 0 Å². The van der Waals surface area contributed by atoms with E-state index in [-0.39, 0.29) is 5.78 Å². The van der Waals surface area contributed by atoms with Crippen molar-refractivity contribution < 1.29 is 19.1 Å². The number of benzene rings is 2. The number of ketones is 1. The SMILES string of the molecule is CCc1cc(O[C@@H](c2ccncc2)c2ccc(C(N)=O)cc2)cc2c1C(=O)CCO2. The van der Waals surface area contributed by atoms with E-state index in [4.69, 9.17) is 15.2 Å². The molecule has 0 saturated heterocycles. The Bertz CT molecular complexity index is 1060. The number of fused-ring (bicyclic) bond motifs is 1. The number of hydrogen-bond acceptors (Lipinski definition) is 5. The van der Waals surface area contributed by atoms with Gasteiger partial charge in [-0.2, -0.15) is 0 Å². The third-order valence-corrected chi connectivity index (χ3v) is 5.16. The van der Waals surface area contributed by atoms with Gasteiger partial charge in [-0.25, -0.2) is 0 Å². The minimum absolute atomic E-state index is 0.104. The molecule has 0 radical (unpaired) electrons. The second-order valence-electron chi connectivity index (χ2n) is 7.10. The van der Waals surface area contributed by atoms with Gasteiger partial charge in [-0.05, 0) is 53.4 Å². The van der Waals surface area contributed by atoms with Crippen molar-refractivity contribution in [3.8, 4) is 11.5 Å². The van der Waals surface area contributed by atoms with Gasteiger partial charge in [0.1, 0.15) is 17.6 Å². The van der Waals surface area contributed by atoms with Crippen molar-refractivity contribution in [1.82, 2.24) is 4.98 Å². The minimum atomic E-state index is -0.480. The Kier molecular flexibility index (Phi) is 5.48. The Balaban J connectivity index is 1.74. The lowest BCUT2D eigenvalue weighted by Gasteiger charge is -2.24. The van der Waals surface area contributed by atoms with Crippen LogP contribution in [0, 0.1) is 0 Å². The van der Waals surface area contributed by atoms with Crippen LogP contribution >= 0.6 is 0 Å². The summed E-state index contributed by atoms with van der Waals surface area (Å²) in [5, 5.41) is 0. The topological polar surface area (TPSA) is 91.5 Å². The van der Waals surface area contributed by atoms with Crippen molar-refractivity contribution in [3.63, 3.8) is 0 Å². The molecule has 2 N–H and O–H groups in total. The molecule has 6 nitrogen and oxygen atoms in total. The number of Topliss-reactive ketones (excluding diaryl/α,β-unsaturated/α-hetero) is 1. The van der Waals surface area contributed by atoms with Gasteiger partial charge in [0.05, 0.1) is 12.2 Å². The van der Waals surface area contributed by atoms with E-state index in [1.165, 1.54) is 0 Å². The van der Waals surface area contributed by atoms with E-state index in [2.05, 4.69) is 4.98 Å². The zero-order valence-electron chi connectivity index (χ0n) is 16.6. The van der Waals surface area contributed by atoms with Crippen LogP contribution in [0.2, 0.25) is 0 Å². The molecule has 1 atom stereocenters. The molecule has 1 aromatic heterocycles. The number of primary amides is 1. The molecule has 1 aliphatic heterocycles. The summed E-state index contributed by atoms with van der Waals surface area (Å²) in [6.07, 6.45) is 4.07. The standard InChI is InChI=1S/C24H22N2O4/c1-2-15-13-19(14-21-22(15)20(27)9-12-29-21)30-23(17-7-10-26-11-8-17)16-3-5-18(6-4-16)24(25)28/h3-8,10-11,13-14,23H,2,9,12H2,1H3,(H2,25,28)/t23-/m1/s1. The van der Waals surface area contributed by atoms with Crippen molar-refractivity contribution in [1.29, 1.82) is 0 Å². The summed E-state index contributed by atoms with van der Waals surface area (Å²) in [6, 6.07) is 14.4. The molecule has 2 heterocycles. The average molecular weight is 402 g/mol. The Morgan fingerprint density at radius 3 is 2.50 bits per heavy atom. The van der Waals surface area contributed by atoms with E-state index < -0.39 is 12.0 Å². The van der Waals surface area contributed by atoms with Gasteiger partial charge in [0.15, 0.2) is 5.78 Å². The molecule has 0 spiro atoms. The predicted molar refractivity (Wildman–Crippen MR) is 112 cm³/mol. The zero-order valence-corrected chi connectivity index (χ0v) is 16.6. The number of rotatable bonds is 6. The van der Waals surface area contributed by atoms with Gasteiger partial charge < -0.3 is 15.2 Å². The summed E-state index contributed by atoms with van der Waals surface area (Å²) >= 11 is 0. The van der Waals surface area contributed by atoms with Crippen LogP contribution in [-0.4, -0.2) is 23.3 Å². The quantitative estimate of drug-likeness (QED) is 0.676. The largest absolute Gasteiger partial charge is 0.492 e. The molecule has 0 fully saturated rings. The van der Waals surface area contributed by atoms with Crippen LogP contribution in [0.1, 0.15) is 56.9 Å². The first kappa shape index (κ1) is 19.6. The van der Waals surface area contributed by atoms with Crippen LogP contribution < -0.4 is 15.2 Å². The molecule has 0 aliphatic carbocycles. The fraction of sp³-hybridized carbons (Fsp3) is 0.208. The van der Waals surface area contributed by atoms with Crippen molar-refractivity contribution >= 4 is 11.7 Å². The minimum Gasteiger partial charge on any atom is -0.492 e. The lowest BCUT2D eigenvalue weighted by molar-refractivity contribution is 0.0930. The number of nitrogens with zero attached hydrogens (tertiary/aromatic N) is 1.